The van der Waals surface area contributed by atoms with Crippen LogP contribution >= 0.6 is 11.6 Å². The number of hydrogen-bond acceptors (Lipinski definition) is 3. The van der Waals surface area contributed by atoms with E-state index in [0.29, 0.717) is 29.6 Å². The van der Waals surface area contributed by atoms with Gasteiger partial charge in [0.1, 0.15) is 5.65 Å². The summed E-state index contributed by atoms with van der Waals surface area (Å²) in [4.78, 5) is 11.8. The minimum absolute atomic E-state index is 0.412. The van der Waals surface area contributed by atoms with Crippen molar-refractivity contribution in [3.8, 4) is 0 Å². The zero-order valence-electron chi connectivity index (χ0n) is 16.0. The van der Waals surface area contributed by atoms with Crippen LogP contribution in [0.2, 0.25) is 5.02 Å². The van der Waals surface area contributed by atoms with Crippen LogP contribution in [0.4, 0.5) is 0 Å². The number of hydrogen-bond donors (Lipinski definition) is 2. The van der Waals surface area contributed by atoms with Gasteiger partial charge in [-0.1, -0.05) is 18.5 Å². The second kappa shape index (κ2) is 8.27. The predicted molar refractivity (Wildman–Crippen MR) is 108 cm³/mol. The van der Waals surface area contributed by atoms with Crippen LogP contribution in [0.25, 0.3) is 5.65 Å². The second-order valence-electron chi connectivity index (χ2n) is 7.32. The average Bonchev–Trinajstić information content (AvgIpc) is 3.16. The maximum absolute atomic E-state index is 6.04. The van der Waals surface area contributed by atoms with E-state index in [4.69, 9.17) is 16.6 Å². The van der Waals surface area contributed by atoms with Crippen LogP contribution in [0.1, 0.15) is 33.4 Å². The Balaban J connectivity index is 1.68. The van der Waals surface area contributed by atoms with Crippen LogP contribution in [0.3, 0.4) is 0 Å². The summed E-state index contributed by atoms with van der Waals surface area (Å²) in [7, 11) is 0. The second-order valence-corrected chi connectivity index (χ2v) is 7.75. The van der Waals surface area contributed by atoms with Gasteiger partial charge in [-0.25, -0.2) is 9.98 Å². The van der Waals surface area contributed by atoms with Crippen molar-refractivity contribution >= 4 is 23.2 Å². The summed E-state index contributed by atoms with van der Waals surface area (Å²) in [6.45, 7) is 12.4. The van der Waals surface area contributed by atoms with Gasteiger partial charge in [0, 0.05) is 44.1 Å². The molecule has 2 N–H and O–H groups in total. The van der Waals surface area contributed by atoms with Gasteiger partial charge < -0.3 is 15.0 Å². The molecule has 0 bridgehead atoms. The molecule has 0 amide bonds. The van der Waals surface area contributed by atoms with Crippen molar-refractivity contribution in [3.63, 3.8) is 0 Å². The number of imidazole rings is 1. The monoisotopic (exact) mass is 376 g/mol. The Morgan fingerprint density at radius 2 is 2.15 bits per heavy atom. The van der Waals surface area contributed by atoms with E-state index >= 15 is 0 Å². The summed E-state index contributed by atoms with van der Waals surface area (Å²) in [5.74, 6) is 1.45. The van der Waals surface area contributed by atoms with E-state index in [1.54, 1.807) is 0 Å². The van der Waals surface area contributed by atoms with Crippen LogP contribution in [-0.2, 0) is 6.54 Å². The molecule has 7 heteroatoms. The number of pyridine rings is 1. The molecule has 2 aromatic rings. The molecule has 1 aliphatic heterocycles. The molecule has 3 heterocycles. The topological polar surface area (TPSA) is 57.0 Å². The van der Waals surface area contributed by atoms with E-state index in [9.17, 15) is 0 Å². The first-order valence-electron chi connectivity index (χ1n) is 9.38. The number of aliphatic imine (C=N–C) groups is 1. The summed E-state index contributed by atoms with van der Waals surface area (Å²) >= 11 is 6.04. The fourth-order valence-corrected chi connectivity index (χ4v) is 3.53. The van der Waals surface area contributed by atoms with E-state index in [2.05, 4.69) is 48.2 Å². The number of likely N-dealkylation sites (tertiary alicyclic amines) is 1. The molecule has 0 aromatic carbocycles. The molecular weight excluding hydrogens is 348 g/mol. The van der Waals surface area contributed by atoms with Crippen molar-refractivity contribution in [1.82, 2.24) is 24.9 Å². The summed E-state index contributed by atoms with van der Waals surface area (Å²) in [5.41, 5.74) is 1.81. The summed E-state index contributed by atoms with van der Waals surface area (Å²) in [6, 6.07) is 4.76. The molecule has 1 aliphatic rings. The summed E-state index contributed by atoms with van der Waals surface area (Å²) in [5, 5.41) is 7.66. The van der Waals surface area contributed by atoms with Gasteiger partial charge in [0.05, 0.1) is 17.3 Å². The van der Waals surface area contributed by atoms with Crippen molar-refractivity contribution in [1.29, 1.82) is 0 Å². The summed E-state index contributed by atoms with van der Waals surface area (Å²) in [6.07, 6.45) is 3.84. The van der Waals surface area contributed by atoms with Gasteiger partial charge in [-0.05, 0) is 38.8 Å². The first kappa shape index (κ1) is 19.0. The van der Waals surface area contributed by atoms with Gasteiger partial charge in [-0.3, -0.25) is 4.90 Å². The van der Waals surface area contributed by atoms with E-state index in [1.165, 1.54) is 0 Å². The number of nitrogens with one attached hydrogen (secondary N) is 2. The fraction of sp³-hybridized carbons (Fsp3) is 0.579. The standard InChI is InChI=1S/C19H29ClN6/c1-5-21-19(24-17-12-25(13(2)3)9-14(17)4)22-8-16-11-26-10-15(20)6-7-18(26)23-16/h6-7,10-11,13-14,17H,5,8-9,12H2,1-4H3,(H2,21,22,24). The molecule has 2 aromatic heterocycles. The van der Waals surface area contributed by atoms with Crippen molar-refractivity contribution in [2.24, 2.45) is 10.9 Å². The largest absolute Gasteiger partial charge is 0.357 e. The Hall–Kier alpha value is -1.79. The first-order chi connectivity index (χ1) is 12.5. The SMILES string of the molecule is CCNC(=NCc1cn2cc(Cl)ccc2n1)NC1CN(C(C)C)CC1C. The van der Waals surface area contributed by atoms with Crippen LogP contribution in [0.15, 0.2) is 29.5 Å². The predicted octanol–water partition coefficient (Wildman–Crippen LogP) is 2.77. The zero-order valence-corrected chi connectivity index (χ0v) is 16.8. The Morgan fingerprint density at radius 3 is 2.85 bits per heavy atom. The fourth-order valence-electron chi connectivity index (χ4n) is 3.36. The number of fused-ring (bicyclic) bond motifs is 1. The first-order valence-corrected chi connectivity index (χ1v) is 9.76. The third kappa shape index (κ3) is 4.48. The molecule has 0 spiro atoms. The quantitative estimate of drug-likeness (QED) is 0.622. The molecule has 0 saturated carbocycles. The van der Waals surface area contributed by atoms with E-state index in [1.807, 2.05) is 28.9 Å². The number of aromatic nitrogens is 2. The third-order valence-corrected chi connectivity index (χ3v) is 5.12. The third-order valence-electron chi connectivity index (χ3n) is 4.90. The summed E-state index contributed by atoms with van der Waals surface area (Å²) < 4.78 is 1.94. The highest BCUT2D eigenvalue weighted by Crippen LogP contribution is 2.18. The molecule has 0 radical (unpaired) electrons. The van der Waals surface area contributed by atoms with Crippen molar-refractivity contribution in [2.45, 2.75) is 46.3 Å². The van der Waals surface area contributed by atoms with Crippen LogP contribution < -0.4 is 10.6 Å². The molecular formula is C19H29ClN6. The lowest BCUT2D eigenvalue weighted by atomic mass is 10.1. The highest BCUT2D eigenvalue weighted by Gasteiger charge is 2.31. The van der Waals surface area contributed by atoms with E-state index in [0.717, 1.165) is 36.9 Å². The lowest BCUT2D eigenvalue weighted by Crippen LogP contribution is -2.46. The minimum atomic E-state index is 0.412. The van der Waals surface area contributed by atoms with Gasteiger partial charge >= 0.3 is 0 Å². The van der Waals surface area contributed by atoms with Gasteiger partial charge in [0.15, 0.2) is 5.96 Å². The molecule has 142 valence electrons. The molecule has 6 nitrogen and oxygen atoms in total. The van der Waals surface area contributed by atoms with Gasteiger partial charge in [-0.15, -0.1) is 0 Å². The lowest BCUT2D eigenvalue weighted by molar-refractivity contribution is 0.265. The molecule has 26 heavy (non-hydrogen) atoms. The lowest BCUT2D eigenvalue weighted by Gasteiger charge is -2.21. The Kier molecular flexibility index (Phi) is 6.04. The van der Waals surface area contributed by atoms with E-state index < -0.39 is 0 Å². The highest BCUT2D eigenvalue weighted by molar-refractivity contribution is 6.30. The molecule has 0 aliphatic carbocycles. The van der Waals surface area contributed by atoms with Crippen LogP contribution in [-0.4, -0.2) is 52.0 Å². The Morgan fingerprint density at radius 1 is 1.35 bits per heavy atom. The molecule has 2 unspecified atom stereocenters. The van der Waals surface area contributed by atoms with E-state index in [-0.39, 0.29) is 0 Å². The minimum Gasteiger partial charge on any atom is -0.357 e. The van der Waals surface area contributed by atoms with Crippen LogP contribution in [0, 0.1) is 5.92 Å². The molecule has 1 saturated heterocycles. The van der Waals surface area contributed by atoms with Crippen molar-refractivity contribution in [2.75, 3.05) is 19.6 Å². The van der Waals surface area contributed by atoms with Crippen molar-refractivity contribution < 1.29 is 0 Å². The smallest absolute Gasteiger partial charge is 0.191 e. The number of nitrogens with zero attached hydrogens (tertiary/aromatic N) is 4. The Bertz CT molecular complexity index is 768. The normalized spacial score (nSPS) is 21.7. The van der Waals surface area contributed by atoms with Crippen LogP contribution in [0.5, 0.6) is 0 Å². The average molecular weight is 377 g/mol. The van der Waals surface area contributed by atoms with Gasteiger partial charge in [0.2, 0.25) is 0 Å². The zero-order chi connectivity index (χ0) is 18.7. The molecule has 2 atom stereocenters. The highest BCUT2D eigenvalue weighted by atomic mass is 35.5. The molecule has 3 rings (SSSR count). The van der Waals surface area contributed by atoms with Crippen molar-refractivity contribution in [3.05, 3.63) is 35.2 Å². The van der Waals surface area contributed by atoms with Gasteiger partial charge in [0.25, 0.3) is 0 Å². The van der Waals surface area contributed by atoms with Gasteiger partial charge in [-0.2, -0.15) is 0 Å². The maximum Gasteiger partial charge on any atom is 0.191 e. The number of halogens is 1. The number of rotatable bonds is 5. The maximum atomic E-state index is 6.04. The Labute approximate surface area is 160 Å². The molecule has 1 fully saturated rings. The number of guanidine groups is 1.